The second-order valence-electron chi connectivity index (χ2n) is 4.32. The summed E-state index contributed by atoms with van der Waals surface area (Å²) in [4.78, 5) is 26.5. The Labute approximate surface area is 99.4 Å². The summed E-state index contributed by atoms with van der Waals surface area (Å²) in [5, 5.41) is 2.68. The largest absolute Gasteiger partial charge is 0.364 e. The second-order valence-corrected chi connectivity index (χ2v) is 4.32. The molecule has 0 spiro atoms. The number of carbonyl (C=O) groups is 2. The number of nitrogens with zero attached hydrogens (tertiary/aromatic N) is 1. The molecule has 0 aromatic carbocycles. The van der Waals surface area contributed by atoms with Crippen molar-refractivity contribution >= 4 is 17.6 Å². The summed E-state index contributed by atoms with van der Waals surface area (Å²) in [6.07, 6.45) is 4.00. The number of hydrogen-bond acceptors (Lipinski definition) is 3. The van der Waals surface area contributed by atoms with Gasteiger partial charge < -0.3 is 11.1 Å². The summed E-state index contributed by atoms with van der Waals surface area (Å²) < 4.78 is 0. The van der Waals surface area contributed by atoms with Gasteiger partial charge in [0.25, 0.3) is 5.91 Å². The maximum absolute atomic E-state index is 11.6. The first-order valence-corrected chi connectivity index (χ1v) is 5.72. The molecular formula is C12H15N3O2. The predicted molar refractivity (Wildman–Crippen MR) is 63.3 cm³/mol. The van der Waals surface area contributed by atoms with E-state index in [2.05, 4.69) is 10.3 Å². The van der Waals surface area contributed by atoms with Crippen LogP contribution < -0.4 is 11.1 Å². The highest BCUT2D eigenvalue weighted by Gasteiger charge is 2.20. The lowest BCUT2D eigenvalue weighted by atomic mass is 9.83. The van der Waals surface area contributed by atoms with Gasteiger partial charge in [0.2, 0.25) is 5.91 Å². The van der Waals surface area contributed by atoms with E-state index in [0.717, 1.165) is 12.8 Å². The second kappa shape index (κ2) is 4.95. The van der Waals surface area contributed by atoms with Gasteiger partial charge in [-0.1, -0.05) is 12.5 Å². The Balaban J connectivity index is 1.95. The first-order valence-electron chi connectivity index (χ1n) is 5.72. The van der Waals surface area contributed by atoms with E-state index in [1.807, 2.05) is 0 Å². The average Bonchev–Trinajstić information content (AvgIpc) is 2.24. The molecule has 0 atom stereocenters. The summed E-state index contributed by atoms with van der Waals surface area (Å²) in [5.74, 6) is 0.240. The topological polar surface area (TPSA) is 85.1 Å². The fourth-order valence-corrected chi connectivity index (χ4v) is 1.79. The van der Waals surface area contributed by atoms with Crippen LogP contribution >= 0.6 is 0 Å². The van der Waals surface area contributed by atoms with Gasteiger partial charge in [0.15, 0.2) is 0 Å². The fraction of sp³-hybridized carbons (Fsp3) is 0.417. The minimum atomic E-state index is -0.597. The first-order chi connectivity index (χ1) is 8.15. The van der Waals surface area contributed by atoms with Gasteiger partial charge in [-0.05, 0) is 30.9 Å². The van der Waals surface area contributed by atoms with Crippen LogP contribution in [-0.2, 0) is 4.79 Å². The van der Waals surface area contributed by atoms with Crippen molar-refractivity contribution < 1.29 is 9.59 Å². The molecule has 90 valence electrons. The Morgan fingerprint density at radius 3 is 2.76 bits per heavy atom. The highest BCUT2D eigenvalue weighted by atomic mass is 16.2. The summed E-state index contributed by atoms with van der Waals surface area (Å²) >= 11 is 0. The van der Waals surface area contributed by atoms with E-state index in [1.54, 1.807) is 12.1 Å². The Morgan fingerprint density at radius 1 is 1.41 bits per heavy atom. The van der Waals surface area contributed by atoms with Crippen LogP contribution in [0, 0.1) is 5.92 Å². The van der Waals surface area contributed by atoms with Crippen LogP contribution in [0.1, 0.15) is 36.2 Å². The molecule has 5 heteroatoms. The van der Waals surface area contributed by atoms with Gasteiger partial charge in [0, 0.05) is 6.42 Å². The molecule has 0 radical (unpaired) electrons. The molecule has 5 nitrogen and oxygen atoms in total. The molecule has 2 rings (SSSR count). The van der Waals surface area contributed by atoms with Crippen LogP contribution in [0.4, 0.5) is 5.82 Å². The monoisotopic (exact) mass is 233 g/mol. The maximum atomic E-state index is 11.6. The van der Waals surface area contributed by atoms with Gasteiger partial charge in [-0.3, -0.25) is 9.59 Å². The molecule has 2 amide bonds. The SMILES string of the molecule is NC(=O)c1cccc(NC(=O)CC2CCC2)n1. The Kier molecular flexibility index (Phi) is 3.37. The predicted octanol–water partition coefficient (Wildman–Crippen LogP) is 1.31. The van der Waals surface area contributed by atoms with E-state index < -0.39 is 5.91 Å². The molecule has 1 heterocycles. The zero-order valence-electron chi connectivity index (χ0n) is 9.48. The number of rotatable bonds is 4. The van der Waals surface area contributed by atoms with Gasteiger partial charge in [0.1, 0.15) is 11.5 Å². The number of hydrogen-bond donors (Lipinski definition) is 2. The third kappa shape index (κ3) is 3.03. The van der Waals surface area contributed by atoms with Crippen molar-refractivity contribution in [2.24, 2.45) is 11.7 Å². The van der Waals surface area contributed by atoms with Crippen LogP contribution in [0.2, 0.25) is 0 Å². The summed E-state index contributed by atoms with van der Waals surface area (Å²) in [6.45, 7) is 0. The van der Waals surface area contributed by atoms with Crippen LogP contribution in [0.25, 0.3) is 0 Å². The molecule has 0 bridgehead atoms. The van der Waals surface area contributed by atoms with E-state index >= 15 is 0 Å². The molecule has 1 fully saturated rings. The van der Waals surface area contributed by atoms with Gasteiger partial charge in [-0.2, -0.15) is 0 Å². The fourth-order valence-electron chi connectivity index (χ4n) is 1.79. The molecule has 1 aliphatic rings. The van der Waals surface area contributed by atoms with Crippen molar-refractivity contribution in [1.29, 1.82) is 0 Å². The van der Waals surface area contributed by atoms with Crippen LogP contribution in [0.5, 0.6) is 0 Å². The molecule has 0 unspecified atom stereocenters. The lowest BCUT2D eigenvalue weighted by molar-refractivity contribution is -0.117. The van der Waals surface area contributed by atoms with Crippen molar-refractivity contribution in [2.75, 3.05) is 5.32 Å². The number of pyridine rings is 1. The molecule has 1 aromatic rings. The number of anilines is 1. The van der Waals surface area contributed by atoms with Crippen molar-refractivity contribution in [3.63, 3.8) is 0 Å². The van der Waals surface area contributed by atoms with Crippen molar-refractivity contribution in [2.45, 2.75) is 25.7 Å². The minimum absolute atomic E-state index is 0.0520. The molecular weight excluding hydrogens is 218 g/mol. The van der Waals surface area contributed by atoms with Crippen molar-refractivity contribution in [1.82, 2.24) is 4.98 Å². The normalized spacial score (nSPS) is 15.1. The van der Waals surface area contributed by atoms with E-state index in [4.69, 9.17) is 5.73 Å². The maximum Gasteiger partial charge on any atom is 0.267 e. The molecule has 1 aromatic heterocycles. The van der Waals surface area contributed by atoms with Gasteiger partial charge in [-0.25, -0.2) is 4.98 Å². The van der Waals surface area contributed by atoms with Crippen molar-refractivity contribution in [3.05, 3.63) is 23.9 Å². The Hall–Kier alpha value is -1.91. The highest BCUT2D eigenvalue weighted by molar-refractivity contribution is 5.93. The standard InChI is InChI=1S/C12H15N3O2/c13-12(17)9-5-2-6-10(14-9)15-11(16)7-8-3-1-4-8/h2,5-6,8H,1,3-4,7H2,(H2,13,17)(H,14,15,16). The number of carbonyl (C=O) groups excluding carboxylic acids is 2. The Morgan fingerprint density at radius 2 is 2.18 bits per heavy atom. The quantitative estimate of drug-likeness (QED) is 0.822. The van der Waals surface area contributed by atoms with Crippen LogP contribution in [0.15, 0.2) is 18.2 Å². The smallest absolute Gasteiger partial charge is 0.267 e. The lowest BCUT2D eigenvalue weighted by Crippen LogP contribution is -2.22. The first kappa shape index (κ1) is 11.6. The van der Waals surface area contributed by atoms with Crippen LogP contribution in [0.3, 0.4) is 0 Å². The minimum Gasteiger partial charge on any atom is -0.364 e. The zero-order valence-corrected chi connectivity index (χ0v) is 9.48. The van der Waals surface area contributed by atoms with Gasteiger partial charge >= 0.3 is 0 Å². The number of nitrogens with two attached hydrogens (primary N) is 1. The molecule has 1 aliphatic carbocycles. The highest BCUT2D eigenvalue weighted by Crippen LogP contribution is 2.29. The van der Waals surface area contributed by atoms with E-state index in [0.29, 0.717) is 18.2 Å². The third-order valence-corrected chi connectivity index (χ3v) is 2.97. The van der Waals surface area contributed by atoms with E-state index in [1.165, 1.54) is 12.5 Å². The van der Waals surface area contributed by atoms with Gasteiger partial charge in [-0.15, -0.1) is 0 Å². The van der Waals surface area contributed by atoms with Crippen LogP contribution in [-0.4, -0.2) is 16.8 Å². The molecule has 0 aliphatic heterocycles. The molecule has 1 saturated carbocycles. The van der Waals surface area contributed by atoms with Crippen molar-refractivity contribution in [3.8, 4) is 0 Å². The van der Waals surface area contributed by atoms with Gasteiger partial charge in [0.05, 0.1) is 0 Å². The summed E-state index contributed by atoms with van der Waals surface area (Å²) in [6, 6.07) is 4.81. The van der Waals surface area contributed by atoms with E-state index in [-0.39, 0.29) is 11.6 Å². The third-order valence-electron chi connectivity index (χ3n) is 2.97. The average molecular weight is 233 g/mol. The molecule has 17 heavy (non-hydrogen) atoms. The lowest BCUT2D eigenvalue weighted by Gasteiger charge is -2.24. The zero-order chi connectivity index (χ0) is 12.3. The Bertz CT molecular complexity index is 441. The molecule has 0 saturated heterocycles. The number of aromatic nitrogens is 1. The number of primary amides is 1. The summed E-state index contributed by atoms with van der Waals surface area (Å²) in [5.41, 5.74) is 5.27. The van der Waals surface area contributed by atoms with E-state index in [9.17, 15) is 9.59 Å². The number of amides is 2. The summed E-state index contributed by atoms with van der Waals surface area (Å²) in [7, 11) is 0. The number of nitrogens with one attached hydrogen (secondary N) is 1. The molecule has 3 N–H and O–H groups in total.